The van der Waals surface area contributed by atoms with Crippen LogP contribution in [0.1, 0.15) is 0 Å². The van der Waals surface area contributed by atoms with E-state index >= 15 is 0 Å². The molecule has 1 heterocycles. The van der Waals surface area contributed by atoms with Crippen LogP contribution in [0.5, 0.6) is 0 Å². The van der Waals surface area contributed by atoms with Gasteiger partial charge in [0.2, 0.25) is 0 Å². The van der Waals surface area contributed by atoms with E-state index in [9.17, 15) is 0 Å². The zero-order valence-electron chi connectivity index (χ0n) is 15.0. The molecule has 0 aliphatic heterocycles. The van der Waals surface area contributed by atoms with E-state index in [1.54, 1.807) is 7.69 Å². The second kappa shape index (κ2) is 5.77. The van der Waals surface area contributed by atoms with Crippen molar-refractivity contribution in [3.05, 3.63) is 7.69 Å². The highest BCUT2D eigenvalue weighted by molar-refractivity contribution is 7.48. The minimum atomic E-state index is -1.13. The van der Waals surface area contributed by atoms with Gasteiger partial charge in [-0.25, -0.2) is 0 Å². The Morgan fingerprint density at radius 3 is 1.00 bits per heavy atom. The molecule has 0 fully saturated rings. The summed E-state index contributed by atoms with van der Waals surface area (Å²) in [6.45, 7) is 25.4. The van der Waals surface area contributed by atoms with Crippen LogP contribution in [0, 0.1) is 0 Å². The Bertz CT molecular complexity index is 499. The van der Waals surface area contributed by atoms with Gasteiger partial charge in [0.25, 0.3) is 0 Å². The second-order valence-corrected chi connectivity index (χ2v) is 45.0. The summed E-state index contributed by atoms with van der Waals surface area (Å²) in [4.78, 5) is 0. The predicted molar refractivity (Wildman–Crippen MR) is 112 cm³/mol. The van der Waals surface area contributed by atoms with Crippen molar-refractivity contribution in [3.63, 3.8) is 0 Å². The van der Waals surface area contributed by atoms with Gasteiger partial charge in [0.15, 0.2) is 0 Å². The van der Waals surface area contributed by atoms with Crippen LogP contribution in [-0.4, -0.2) is 30.4 Å². The highest BCUT2D eigenvalue weighted by Crippen LogP contribution is 2.21. The van der Waals surface area contributed by atoms with E-state index in [-0.39, 0.29) is 0 Å². The van der Waals surface area contributed by atoms with Gasteiger partial charge in [-0.3, -0.25) is 0 Å². The molecule has 0 nitrogen and oxygen atoms in total. The highest BCUT2D eigenvalue weighted by atomic mass is 32.2. The van der Waals surface area contributed by atoms with Crippen molar-refractivity contribution >= 4 is 64.4 Å². The lowest BCUT2D eigenvalue weighted by Gasteiger charge is -2.32. The van der Waals surface area contributed by atoms with Gasteiger partial charge in [0.05, 0.1) is 22.9 Å². The smallest absolute Gasteiger partial charge is 0.0740 e. The Kier molecular flexibility index (Phi) is 5.44. The maximum atomic E-state index is 2.68. The van der Waals surface area contributed by atoms with Crippen molar-refractivity contribution < 1.29 is 0 Å². The second-order valence-electron chi connectivity index (χ2n) is 9.07. The average Bonchev–Trinajstić information content (AvgIpc) is 2.09. The fraction of sp³-hybridized carbons (Fsp3) is 0.714. The largest absolute Gasteiger partial charge is 0.116 e. The van der Waals surface area contributed by atoms with Gasteiger partial charge in [0.1, 0.15) is 0 Å². The van der Waals surface area contributed by atoms with Crippen LogP contribution in [0.15, 0.2) is 0 Å². The molecule has 6 heteroatoms. The minimum absolute atomic E-state index is 0.997. The fourth-order valence-electron chi connectivity index (χ4n) is 1.35. The van der Waals surface area contributed by atoms with Crippen LogP contribution >= 0.6 is 22.7 Å². The van der Waals surface area contributed by atoms with Crippen molar-refractivity contribution in [1.29, 1.82) is 0 Å². The van der Waals surface area contributed by atoms with Crippen LogP contribution < -0.4 is 7.69 Å². The zero-order valence-corrected chi connectivity index (χ0v) is 20.6. The van der Waals surface area contributed by atoms with Crippen molar-refractivity contribution in [2.45, 2.75) is 65.5 Å². The lowest BCUT2D eigenvalue weighted by molar-refractivity contribution is 1.77. The number of hydrogen-bond donors (Lipinski definition) is 0. The van der Waals surface area contributed by atoms with Crippen molar-refractivity contribution in [1.82, 2.24) is 0 Å². The first kappa shape index (κ1) is 18.8. The summed E-state index contributed by atoms with van der Waals surface area (Å²) in [5.41, 5.74) is 5.35. The summed E-state index contributed by atoms with van der Waals surface area (Å²) >= 11 is 4.12. The van der Waals surface area contributed by atoms with Gasteiger partial charge in [0, 0.05) is 15.2 Å². The molecule has 0 aromatic carbocycles. The quantitative estimate of drug-likeness (QED) is 0.668. The van der Waals surface area contributed by atoms with Crippen molar-refractivity contribution in [2.75, 3.05) is 0 Å². The van der Waals surface area contributed by atoms with Crippen molar-refractivity contribution in [2.24, 2.45) is 0 Å². The van der Waals surface area contributed by atoms with E-state index in [0.717, 1.165) is 0 Å². The molecular weight excluding hydrogens is 345 g/mol. The summed E-state index contributed by atoms with van der Waals surface area (Å²) in [6.07, 6.45) is 0. The summed E-state index contributed by atoms with van der Waals surface area (Å²) in [5, 5.41) is 0. The van der Waals surface area contributed by atoms with Crippen LogP contribution in [0.25, 0.3) is 11.4 Å². The molecule has 0 saturated carbocycles. The molecule has 0 saturated heterocycles. The van der Waals surface area contributed by atoms with Crippen LogP contribution in [0.4, 0.5) is 0 Å². The SMILES string of the molecule is C[Si](C)(C)[Si](C)(C)C=c1sc(=C[Si](C)(C)[Si](C)(C)C)s1. The molecule has 0 spiro atoms. The lowest BCUT2D eigenvalue weighted by atomic mass is 11.2. The molecule has 0 aliphatic carbocycles. The highest BCUT2D eigenvalue weighted by Gasteiger charge is 2.36. The molecule has 0 atom stereocenters. The first-order valence-corrected chi connectivity index (χ1v) is 24.3. The van der Waals surface area contributed by atoms with Gasteiger partial charge in [-0.15, -0.1) is 22.7 Å². The topological polar surface area (TPSA) is 0 Å². The fourth-order valence-corrected chi connectivity index (χ4v) is 13.8. The summed E-state index contributed by atoms with van der Waals surface area (Å²) in [7, 11) is -4.26. The Hall–Kier alpha value is 0.788. The third-order valence-corrected chi connectivity index (χ3v) is 42.2. The van der Waals surface area contributed by atoms with Crippen LogP contribution in [0.3, 0.4) is 0 Å². The first-order chi connectivity index (χ1) is 8.66. The van der Waals surface area contributed by atoms with E-state index < -0.39 is 30.4 Å². The molecule has 0 amide bonds. The number of rotatable bonds is 4. The van der Waals surface area contributed by atoms with E-state index in [2.05, 4.69) is 99.5 Å². The van der Waals surface area contributed by atoms with E-state index in [0.29, 0.717) is 0 Å². The van der Waals surface area contributed by atoms with E-state index in [1.165, 1.54) is 0 Å². The molecule has 0 unspecified atom stereocenters. The summed E-state index contributed by atoms with van der Waals surface area (Å²) < 4.78 is 3.19. The van der Waals surface area contributed by atoms with Crippen molar-refractivity contribution in [3.8, 4) is 0 Å². The standard InChI is InChI=1S/C14H32S2Si4/c1-17(2,3)19(7,8)11-13-15-14(16-13)12-20(9,10)18(4,5)6/h11-12H,1-10H3. The summed E-state index contributed by atoms with van der Waals surface area (Å²) in [6, 6.07) is 0. The van der Waals surface area contributed by atoms with Gasteiger partial charge >= 0.3 is 0 Å². The Morgan fingerprint density at radius 2 is 0.800 bits per heavy atom. The molecule has 0 bridgehead atoms. The Labute approximate surface area is 137 Å². The van der Waals surface area contributed by atoms with Gasteiger partial charge in [-0.1, -0.05) is 76.9 Å². The van der Waals surface area contributed by atoms with Crippen LogP contribution in [-0.2, 0) is 0 Å². The molecule has 1 rings (SSSR count). The molecule has 116 valence electrons. The molecule has 0 N–H and O–H groups in total. The monoisotopic (exact) mass is 376 g/mol. The first-order valence-electron chi connectivity index (χ1n) is 7.47. The average molecular weight is 377 g/mol. The third kappa shape index (κ3) is 4.39. The molecule has 0 radical (unpaired) electrons. The third-order valence-electron chi connectivity index (χ3n) is 5.23. The predicted octanol–water partition coefficient (Wildman–Crippen LogP) is 4.70. The minimum Gasteiger partial charge on any atom is -0.116 e. The normalized spacial score (nSPS) is 14.5. The lowest BCUT2D eigenvalue weighted by Crippen LogP contribution is -2.52. The van der Waals surface area contributed by atoms with E-state index in [1.807, 2.05) is 0 Å². The molecular formula is C14H32S2Si4. The number of hydrogen-bond acceptors (Lipinski definition) is 2. The molecule has 1 aromatic rings. The van der Waals surface area contributed by atoms with Gasteiger partial charge in [-0.05, 0) is 0 Å². The molecule has 20 heavy (non-hydrogen) atoms. The Morgan fingerprint density at radius 1 is 0.550 bits per heavy atom. The van der Waals surface area contributed by atoms with Crippen LogP contribution in [0.2, 0.25) is 65.5 Å². The maximum absolute atomic E-state index is 2.68. The molecule has 1 aromatic heterocycles. The summed E-state index contributed by atoms with van der Waals surface area (Å²) in [5.74, 6) is 0. The molecule has 0 aliphatic rings. The van der Waals surface area contributed by atoms with E-state index in [4.69, 9.17) is 0 Å². The van der Waals surface area contributed by atoms with Gasteiger partial charge < -0.3 is 0 Å². The maximum Gasteiger partial charge on any atom is 0.0740 e. The zero-order chi connectivity index (χ0) is 16.0. The Balaban J connectivity index is 3.07. The van der Waals surface area contributed by atoms with Gasteiger partial charge in [-0.2, -0.15) is 0 Å².